The molecule has 1 aliphatic heterocycles. The van der Waals surface area contributed by atoms with Crippen LogP contribution in [0.4, 0.5) is 4.39 Å². The van der Waals surface area contributed by atoms with Gasteiger partial charge in [0.05, 0.1) is 10.5 Å². The number of halogens is 1. The van der Waals surface area contributed by atoms with Crippen molar-refractivity contribution in [1.82, 2.24) is 4.90 Å². The van der Waals surface area contributed by atoms with E-state index < -0.39 is 0 Å². The number of rotatable bonds is 10. The van der Waals surface area contributed by atoms with E-state index in [-0.39, 0.29) is 17.6 Å². The predicted octanol–water partition coefficient (Wildman–Crippen LogP) is 4.90. The average molecular weight is 414 g/mol. The van der Waals surface area contributed by atoms with Crippen molar-refractivity contribution in [3.05, 3.63) is 70.9 Å². The number of amides is 2. The summed E-state index contributed by atoms with van der Waals surface area (Å²) in [6, 6.07) is 15.1. The molecule has 0 atom stereocenters. The lowest BCUT2D eigenvalue weighted by Gasteiger charge is -2.15. The third-order valence-corrected chi connectivity index (χ3v) is 5.62. The van der Waals surface area contributed by atoms with Crippen LogP contribution in [-0.2, 0) is 14.3 Å². The molecule has 29 heavy (non-hydrogen) atoms. The SMILES string of the molecule is CCCCOCCCN1C(=O)C(Sc2ccccc2)=C(c2ccc(F)cc2)C1=O. The van der Waals surface area contributed by atoms with E-state index in [4.69, 9.17) is 4.74 Å². The van der Waals surface area contributed by atoms with Crippen LogP contribution in [-0.4, -0.2) is 36.5 Å². The maximum atomic E-state index is 13.4. The van der Waals surface area contributed by atoms with Gasteiger partial charge in [-0.3, -0.25) is 14.5 Å². The number of nitrogens with zero attached hydrogens (tertiary/aromatic N) is 1. The minimum absolute atomic E-state index is 0.299. The van der Waals surface area contributed by atoms with E-state index in [0.717, 1.165) is 17.7 Å². The van der Waals surface area contributed by atoms with E-state index >= 15 is 0 Å². The minimum atomic E-state index is -0.385. The fourth-order valence-electron chi connectivity index (χ4n) is 3.00. The molecule has 0 aromatic heterocycles. The number of unbranched alkanes of at least 4 members (excludes halogenated alkanes) is 1. The Morgan fingerprint density at radius 1 is 0.931 bits per heavy atom. The molecule has 0 spiro atoms. The highest BCUT2D eigenvalue weighted by atomic mass is 32.2. The number of imide groups is 1. The first-order chi connectivity index (χ1) is 14.1. The lowest BCUT2D eigenvalue weighted by atomic mass is 10.1. The van der Waals surface area contributed by atoms with Gasteiger partial charge in [0.2, 0.25) is 0 Å². The molecule has 2 aromatic rings. The van der Waals surface area contributed by atoms with Gasteiger partial charge in [0.25, 0.3) is 11.8 Å². The molecule has 2 aromatic carbocycles. The van der Waals surface area contributed by atoms with E-state index in [1.165, 1.54) is 28.8 Å². The second-order valence-electron chi connectivity index (χ2n) is 6.71. The monoisotopic (exact) mass is 413 g/mol. The Balaban J connectivity index is 1.80. The Morgan fingerprint density at radius 2 is 1.62 bits per heavy atom. The van der Waals surface area contributed by atoms with E-state index in [1.807, 2.05) is 30.3 Å². The molecule has 1 aliphatic rings. The van der Waals surface area contributed by atoms with Crippen LogP contribution in [0, 0.1) is 5.82 Å². The van der Waals surface area contributed by atoms with Crippen molar-refractivity contribution < 1.29 is 18.7 Å². The highest BCUT2D eigenvalue weighted by Gasteiger charge is 2.39. The maximum Gasteiger partial charge on any atom is 0.268 e. The highest BCUT2D eigenvalue weighted by molar-refractivity contribution is 8.04. The van der Waals surface area contributed by atoms with Crippen molar-refractivity contribution in [3.8, 4) is 0 Å². The summed E-state index contributed by atoms with van der Waals surface area (Å²) in [5, 5.41) is 0. The summed E-state index contributed by atoms with van der Waals surface area (Å²) in [4.78, 5) is 28.6. The van der Waals surface area contributed by atoms with Gasteiger partial charge in [0.1, 0.15) is 5.82 Å². The topological polar surface area (TPSA) is 46.6 Å². The zero-order valence-electron chi connectivity index (χ0n) is 16.4. The minimum Gasteiger partial charge on any atom is -0.381 e. The fourth-order valence-corrected chi connectivity index (χ4v) is 4.04. The average Bonchev–Trinajstić information content (AvgIpc) is 2.96. The first-order valence-corrected chi connectivity index (χ1v) is 10.6. The molecule has 0 unspecified atom stereocenters. The Bertz CT molecular complexity index is 881. The van der Waals surface area contributed by atoms with E-state index in [0.29, 0.717) is 42.2 Å². The molecule has 0 radical (unpaired) electrons. The van der Waals surface area contributed by atoms with Crippen LogP contribution in [0.25, 0.3) is 5.57 Å². The van der Waals surface area contributed by atoms with Crippen molar-refractivity contribution in [2.75, 3.05) is 19.8 Å². The van der Waals surface area contributed by atoms with Crippen LogP contribution in [0.15, 0.2) is 64.4 Å². The molecule has 0 N–H and O–H groups in total. The Morgan fingerprint density at radius 3 is 2.31 bits per heavy atom. The van der Waals surface area contributed by atoms with E-state index in [9.17, 15) is 14.0 Å². The molecule has 3 rings (SSSR count). The second-order valence-corrected chi connectivity index (χ2v) is 7.79. The third kappa shape index (κ3) is 5.34. The number of thioether (sulfide) groups is 1. The van der Waals surface area contributed by atoms with Crippen molar-refractivity contribution >= 4 is 29.1 Å². The largest absolute Gasteiger partial charge is 0.381 e. The fraction of sp³-hybridized carbons (Fsp3) is 0.304. The van der Waals surface area contributed by atoms with Gasteiger partial charge in [-0.05, 0) is 42.7 Å². The first-order valence-electron chi connectivity index (χ1n) is 9.79. The summed E-state index contributed by atoms with van der Waals surface area (Å²) in [7, 11) is 0. The van der Waals surface area contributed by atoms with Gasteiger partial charge in [0, 0.05) is 24.7 Å². The number of benzene rings is 2. The van der Waals surface area contributed by atoms with Gasteiger partial charge in [-0.15, -0.1) is 0 Å². The zero-order valence-corrected chi connectivity index (χ0v) is 17.2. The third-order valence-electron chi connectivity index (χ3n) is 4.53. The Hall–Kier alpha value is -2.44. The van der Waals surface area contributed by atoms with Crippen LogP contribution < -0.4 is 0 Å². The molecule has 0 aliphatic carbocycles. The molecule has 0 saturated heterocycles. The molecule has 0 bridgehead atoms. The van der Waals surface area contributed by atoms with Crippen LogP contribution >= 0.6 is 11.8 Å². The Labute approximate surface area is 174 Å². The van der Waals surface area contributed by atoms with E-state index in [1.54, 1.807) is 12.1 Å². The predicted molar refractivity (Wildman–Crippen MR) is 113 cm³/mol. The van der Waals surface area contributed by atoms with Gasteiger partial charge < -0.3 is 4.74 Å². The van der Waals surface area contributed by atoms with Gasteiger partial charge in [-0.1, -0.05) is 55.4 Å². The molecule has 4 nitrogen and oxygen atoms in total. The number of carbonyl (C=O) groups excluding carboxylic acids is 2. The normalized spacial score (nSPS) is 14.2. The summed E-state index contributed by atoms with van der Waals surface area (Å²) in [6.07, 6.45) is 2.64. The summed E-state index contributed by atoms with van der Waals surface area (Å²) in [5.74, 6) is -1.03. The van der Waals surface area contributed by atoms with Crippen molar-refractivity contribution in [2.24, 2.45) is 0 Å². The van der Waals surface area contributed by atoms with Gasteiger partial charge in [-0.25, -0.2) is 4.39 Å². The van der Waals surface area contributed by atoms with Crippen LogP contribution in [0.2, 0.25) is 0 Å². The van der Waals surface area contributed by atoms with Crippen LogP contribution in [0.5, 0.6) is 0 Å². The molecular formula is C23H24FNO3S. The highest BCUT2D eigenvalue weighted by Crippen LogP contribution is 2.39. The van der Waals surface area contributed by atoms with Crippen molar-refractivity contribution in [1.29, 1.82) is 0 Å². The lowest BCUT2D eigenvalue weighted by molar-refractivity contribution is -0.136. The van der Waals surface area contributed by atoms with Crippen molar-refractivity contribution in [2.45, 2.75) is 31.1 Å². The first kappa shape index (κ1) is 21.3. The number of carbonyl (C=O) groups is 2. The lowest BCUT2D eigenvalue weighted by Crippen LogP contribution is -2.33. The standard InChI is InChI=1S/C23H24FNO3S/c1-2-3-15-28-16-7-14-25-22(26)20(17-10-12-18(24)13-11-17)21(23(25)27)29-19-8-5-4-6-9-19/h4-6,8-13H,2-3,7,14-16H2,1H3. The maximum absolute atomic E-state index is 13.4. The van der Waals surface area contributed by atoms with E-state index in [2.05, 4.69) is 6.92 Å². The summed E-state index contributed by atoms with van der Waals surface area (Å²) in [6.45, 7) is 3.59. The van der Waals surface area contributed by atoms with Crippen LogP contribution in [0.3, 0.4) is 0 Å². The molecule has 6 heteroatoms. The molecular weight excluding hydrogens is 389 g/mol. The molecule has 2 amide bonds. The number of hydrogen-bond donors (Lipinski definition) is 0. The van der Waals surface area contributed by atoms with Crippen molar-refractivity contribution in [3.63, 3.8) is 0 Å². The number of hydrogen-bond acceptors (Lipinski definition) is 4. The quantitative estimate of drug-likeness (QED) is 0.410. The summed E-state index contributed by atoms with van der Waals surface area (Å²) >= 11 is 1.27. The second kappa shape index (κ2) is 10.4. The molecule has 0 saturated carbocycles. The summed E-state index contributed by atoms with van der Waals surface area (Å²) < 4.78 is 18.9. The van der Waals surface area contributed by atoms with Gasteiger partial charge in [0.15, 0.2) is 0 Å². The summed E-state index contributed by atoms with van der Waals surface area (Å²) in [5.41, 5.74) is 0.876. The molecule has 0 fully saturated rings. The van der Waals surface area contributed by atoms with Gasteiger partial charge >= 0.3 is 0 Å². The Kier molecular flexibility index (Phi) is 7.61. The molecule has 152 valence electrons. The number of ether oxygens (including phenoxy) is 1. The molecule has 1 heterocycles. The zero-order chi connectivity index (χ0) is 20.6. The van der Waals surface area contributed by atoms with Gasteiger partial charge in [-0.2, -0.15) is 0 Å². The smallest absolute Gasteiger partial charge is 0.268 e. The van der Waals surface area contributed by atoms with Crippen LogP contribution in [0.1, 0.15) is 31.7 Å².